The van der Waals surface area contributed by atoms with Crippen LogP contribution in [0.1, 0.15) is 23.1 Å². The highest BCUT2D eigenvalue weighted by Crippen LogP contribution is 2.34. The van der Waals surface area contributed by atoms with Crippen molar-refractivity contribution < 1.29 is 14.2 Å². The molecule has 1 aliphatic heterocycles. The highest BCUT2D eigenvalue weighted by atomic mass is 16.5. The first-order valence-corrected chi connectivity index (χ1v) is 9.93. The number of hydrogen-bond donors (Lipinski definition) is 1. The molecule has 0 radical (unpaired) electrons. The van der Waals surface area contributed by atoms with E-state index in [0.29, 0.717) is 19.8 Å². The Labute approximate surface area is 171 Å². The number of benzene rings is 2. The zero-order valence-electron chi connectivity index (χ0n) is 17.0. The van der Waals surface area contributed by atoms with Gasteiger partial charge in [-0.05, 0) is 29.3 Å². The molecule has 1 aliphatic rings. The van der Waals surface area contributed by atoms with E-state index in [1.54, 1.807) is 7.11 Å². The minimum absolute atomic E-state index is 0.630. The lowest BCUT2D eigenvalue weighted by atomic mass is 10.1. The number of nitrogens with one attached hydrogen (secondary N) is 1. The predicted octanol–water partition coefficient (Wildman–Crippen LogP) is 3.68. The minimum Gasteiger partial charge on any atom is -0.490 e. The number of rotatable bonds is 7. The summed E-state index contributed by atoms with van der Waals surface area (Å²) >= 11 is 0. The SMILES string of the molecule is COCc1cccc(CNCc2cn(C)nc2-c2ccc3c(c2)OCCCO3)c1. The molecule has 0 atom stereocenters. The van der Waals surface area contributed by atoms with Crippen LogP contribution >= 0.6 is 0 Å². The summed E-state index contributed by atoms with van der Waals surface area (Å²) in [5.41, 5.74) is 5.56. The van der Waals surface area contributed by atoms with Gasteiger partial charge in [0.15, 0.2) is 11.5 Å². The molecule has 2 heterocycles. The van der Waals surface area contributed by atoms with Crippen LogP contribution in [-0.2, 0) is 31.5 Å². The van der Waals surface area contributed by atoms with E-state index >= 15 is 0 Å². The van der Waals surface area contributed by atoms with Crippen LogP contribution in [0.4, 0.5) is 0 Å². The molecular weight excluding hydrogens is 366 g/mol. The van der Waals surface area contributed by atoms with E-state index in [2.05, 4.69) is 40.9 Å². The van der Waals surface area contributed by atoms with Crippen molar-refractivity contribution in [1.82, 2.24) is 15.1 Å². The molecule has 152 valence electrons. The molecule has 4 rings (SSSR count). The fraction of sp³-hybridized carbons (Fsp3) is 0.348. The number of hydrogen-bond acceptors (Lipinski definition) is 5. The van der Waals surface area contributed by atoms with Crippen LogP contribution in [0, 0.1) is 0 Å². The van der Waals surface area contributed by atoms with E-state index in [-0.39, 0.29) is 0 Å². The molecular formula is C23H27N3O3. The molecule has 0 bridgehead atoms. The monoisotopic (exact) mass is 393 g/mol. The zero-order chi connectivity index (χ0) is 20.1. The number of aromatic nitrogens is 2. The third kappa shape index (κ3) is 4.78. The lowest BCUT2D eigenvalue weighted by Crippen LogP contribution is -2.13. The van der Waals surface area contributed by atoms with Gasteiger partial charge in [0.2, 0.25) is 0 Å². The van der Waals surface area contributed by atoms with Gasteiger partial charge in [-0.25, -0.2) is 0 Å². The summed E-state index contributed by atoms with van der Waals surface area (Å²) in [6.07, 6.45) is 2.96. The number of nitrogens with zero attached hydrogens (tertiary/aromatic N) is 2. The van der Waals surface area contributed by atoms with Crippen LogP contribution in [0.2, 0.25) is 0 Å². The van der Waals surface area contributed by atoms with Crippen molar-refractivity contribution in [2.75, 3.05) is 20.3 Å². The normalized spacial score (nSPS) is 13.3. The average Bonchev–Trinajstić information content (AvgIpc) is 2.94. The van der Waals surface area contributed by atoms with Crippen LogP contribution in [0.3, 0.4) is 0 Å². The molecule has 6 nitrogen and oxygen atoms in total. The van der Waals surface area contributed by atoms with Crippen LogP contribution in [-0.4, -0.2) is 30.1 Å². The van der Waals surface area contributed by atoms with Crippen molar-refractivity contribution in [1.29, 1.82) is 0 Å². The van der Waals surface area contributed by atoms with Gasteiger partial charge in [-0.1, -0.05) is 24.3 Å². The number of methoxy groups -OCH3 is 1. The highest BCUT2D eigenvalue weighted by Gasteiger charge is 2.15. The molecule has 0 amide bonds. The fourth-order valence-corrected chi connectivity index (χ4v) is 3.56. The summed E-state index contributed by atoms with van der Waals surface area (Å²) < 4.78 is 18.7. The number of fused-ring (bicyclic) bond motifs is 1. The summed E-state index contributed by atoms with van der Waals surface area (Å²) in [5, 5.41) is 8.21. The van der Waals surface area contributed by atoms with E-state index in [9.17, 15) is 0 Å². The van der Waals surface area contributed by atoms with Crippen molar-refractivity contribution in [2.45, 2.75) is 26.1 Å². The maximum Gasteiger partial charge on any atom is 0.161 e. The van der Waals surface area contributed by atoms with E-state index in [1.165, 1.54) is 11.1 Å². The summed E-state index contributed by atoms with van der Waals surface area (Å²) in [5.74, 6) is 1.59. The van der Waals surface area contributed by atoms with Crippen molar-refractivity contribution in [3.05, 3.63) is 65.4 Å². The Balaban J connectivity index is 1.47. The maximum absolute atomic E-state index is 5.84. The standard InChI is InChI=1S/C23H27N3O3/c1-26-15-20(14-24-13-17-5-3-6-18(11-17)16-27-2)23(25-26)19-7-8-21-22(12-19)29-10-4-9-28-21/h3,5-8,11-12,15,24H,4,9-10,13-14,16H2,1-2H3. The van der Waals surface area contributed by atoms with E-state index in [1.807, 2.05) is 29.9 Å². The second-order valence-electron chi connectivity index (χ2n) is 7.25. The predicted molar refractivity (Wildman–Crippen MR) is 112 cm³/mol. The summed E-state index contributed by atoms with van der Waals surface area (Å²) in [7, 11) is 3.67. The zero-order valence-corrected chi connectivity index (χ0v) is 17.0. The maximum atomic E-state index is 5.84. The molecule has 2 aromatic carbocycles. The van der Waals surface area contributed by atoms with Gasteiger partial charge in [-0.15, -0.1) is 0 Å². The van der Waals surface area contributed by atoms with Crippen molar-refractivity contribution in [3.63, 3.8) is 0 Å². The van der Waals surface area contributed by atoms with E-state index < -0.39 is 0 Å². The molecule has 3 aromatic rings. The lowest BCUT2D eigenvalue weighted by Gasteiger charge is -2.10. The average molecular weight is 393 g/mol. The Hall–Kier alpha value is -2.83. The van der Waals surface area contributed by atoms with Gasteiger partial charge in [-0.3, -0.25) is 4.68 Å². The third-order valence-corrected chi connectivity index (χ3v) is 4.87. The largest absolute Gasteiger partial charge is 0.490 e. The minimum atomic E-state index is 0.630. The first kappa shape index (κ1) is 19.5. The number of aryl methyl sites for hydroxylation is 1. The molecule has 0 fully saturated rings. The molecule has 1 N–H and O–H groups in total. The van der Waals surface area contributed by atoms with Gasteiger partial charge < -0.3 is 19.5 Å². The van der Waals surface area contributed by atoms with Crippen LogP contribution in [0.5, 0.6) is 11.5 Å². The third-order valence-electron chi connectivity index (χ3n) is 4.87. The van der Waals surface area contributed by atoms with Gasteiger partial charge in [0, 0.05) is 51.0 Å². The van der Waals surface area contributed by atoms with Gasteiger partial charge in [0.05, 0.1) is 25.5 Å². The Morgan fingerprint density at radius 3 is 2.72 bits per heavy atom. The smallest absolute Gasteiger partial charge is 0.161 e. The lowest BCUT2D eigenvalue weighted by molar-refractivity contribution is 0.185. The second-order valence-corrected chi connectivity index (χ2v) is 7.25. The second kappa shape index (κ2) is 9.11. The van der Waals surface area contributed by atoms with Crippen LogP contribution in [0.15, 0.2) is 48.7 Å². The van der Waals surface area contributed by atoms with Gasteiger partial charge in [-0.2, -0.15) is 5.10 Å². The molecule has 0 saturated carbocycles. The Kier molecular flexibility index (Phi) is 6.12. The molecule has 0 aliphatic carbocycles. The summed E-state index contributed by atoms with van der Waals surface area (Å²) in [6.45, 7) is 3.51. The van der Waals surface area contributed by atoms with Gasteiger partial charge in [0.25, 0.3) is 0 Å². The topological polar surface area (TPSA) is 57.5 Å². The molecule has 6 heteroatoms. The van der Waals surface area contributed by atoms with Gasteiger partial charge >= 0.3 is 0 Å². The van der Waals surface area contributed by atoms with Crippen molar-refractivity contribution in [2.24, 2.45) is 7.05 Å². The summed E-state index contributed by atoms with van der Waals surface area (Å²) in [6, 6.07) is 14.5. The van der Waals surface area contributed by atoms with Crippen molar-refractivity contribution >= 4 is 0 Å². The quantitative estimate of drug-likeness (QED) is 0.664. The number of ether oxygens (including phenoxy) is 3. The van der Waals surface area contributed by atoms with Crippen molar-refractivity contribution in [3.8, 4) is 22.8 Å². The van der Waals surface area contributed by atoms with Crippen LogP contribution < -0.4 is 14.8 Å². The highest BCUT2D eigenvalue weighted by molar-refractivity contribution is 5.66. The van der Waals surface area contributed by atoms with Crippen LogP contribution in [0.25, 0.3) is 11.3 Å². The van der Waals surface area contributed by atoms with E-state index in [0.717, 1.165) is 47.8 Å². The first-order chi connectivity index (χ1) is 14.2. The molecule has 0 saturated heterocycles. The first-order valence-electron chi connectivity index (χ1n) is 9.93. The molecule has 0 unspecified atom stereocenters. The Bertz CT molecular complexity index is 968. The van der Waals surface area contributed by atoms with Gasteiger partial charge in [0.1, 0.15) is 0 Å². The Morgan fingerprint density at radius 2 is 1.86 bits per heavy atom. The summed E-state index contributed by atoms with van der Waals surface area (Å²) in [4.78, 5) is 0. The van der Waals surface area contributed by atoms with E-state index in [4.69, 9.17) is 14.2 Å². The Morgan fingerprint density at radius 1 is 1.03 bits per heavy atom. The molecule has 1 aromatic heterocycles. The fourth-order valence-electron chi connectivity index (χ4n) is 3.56. The molecule has 29 heavy (non-hydrogen) atoms. The molecule has 0 spiro atoms.